The van der Waals surface area contributed by atoms with Crippen LogP contribution in [0.2, 0.25) is 0 Å². The molecule has 2 aromatic heterocycles. The van der Waals surface area contributed by atoms with E-state index in [1.165, 1.54) is 18.3 Å². The van der Waals surface area contributed by atoms with Crippen LogP contribution in [0.15, 0.2) is 24.4 Å². The molecule has 106 valence electrons. The number of carbonyl (C=O) groups is 1. The van der Waals surface area contributed by atoms with Crippen LogP contribution < -0.4 is 0 Å². The molecule has 0 fully saturated rings. The molecule has 0 aliphatic carbocycles. The lowest BCUT2D eigenvalue weighted by Gasteiger charge is -2.03. The highest BCUT2D eigenvalue weighted by molar-refractivity contribution is 5.80. The third kappa shape index (κ3) is 2.24. The first-order valence-corrected chi connectivity index (χ1v) is 6.05. The van der Waals surface area contributed by atoms with Gasteiger partial charge in [0.05, 0.1) is 28.6 Å². The number of aliphatic carboxylic acids is 1. The van der Waals surface area contributed by atoms with Gasteiger partial charge < -0.3 is 5.11 Å². The third-order valence-electron chi connectivity index (χ3n) is 3.05. The van der Waals surface area contributed by atoms with E-state index < -0.39 is 10.9 Å². The Balaban J connectivity index is 2.19. The van der Waals surface area contributed by atoms with Crippen molar-refractivity contribution < 1.29 is 14.8 Å². The van der Waals surface area contributed by atoms with Crippen molar-refractivity contribution in [3.8, 4) is 0 Å². The predicted molar refractivity (Wildman–Crippen MR) is 70.9 cm³/mol. The fraction of sp³-hybridized carbons (Fsp3) is 0.167. The molecule has 0 saturated carbocycles. The van der Waals surface area contributed by atoms with Gasteiger partial charge in [-0.15, -0.1) is 10.2 Å². The Morgan fingerprint density at radius 1 is 1.38 bits per heavy atom. The molecule has 3 rings (SSSR count). The molecule has 9 nitrogen and oxygen atoms in total. The van der Waals surface area contributed by atoms with Crippen LogP contribution >= 0.6 is 0 Å². The van der Waals surface area contributed by atoms with E-state index >= 15 is 0 Å². The maximum absolute atomic E-state index is 10.8. The van der Waals surface area contributed by atoms with Gasteiger partial charge in [0.1, 0.15) is 5.82 Å². The molecule has 0 aliphatic heterocycles. The molecule has 0 unspecified atom stereocenters. The molecule has 0 spiro atoms. The van der Waals surface area contributed by atoms with Crippen LogP contribution in [-0.2, 0) is 11.2 Å². The molecule has 0 bridgehead atoms. The first-order valence-electron chi connectivity index (χ1n) is 6.05. The number of aromatic nitrogens is 4. The number of aryl methyl sites for hydroxylation is 1. The van der Waals surface area contributed by atoms with E-state index in [2.05, 4.69) is 15.2 Å². The van der Waals surface area contributed by atoms with Gasteiger partial charge in [-0.1, -0.05) is 0 Å². The van der Waals surface area contributed by atoms with E-state index in [0.29, 0.717) is 22.5 Å². The van der Waals surface area contributed by atoms with Crippen molar-refractivity contribution in [2.75, 3.05) is 0 Å². The summed E-state index contributed by atoms with van der Waals surface area (Å²) in [7, 11) is 0. The minimum Gasteiger partial charge on any atom is -0.481 e. The van der Waals surface area contributed by atoms with Gasteiger partial charge in [0, 0.05) is 18.6 Å². The molecule has 0 radical (unpaired) electrons. The van der Waals surface area contributed by atoms with Crippen LogP contribution in [0, 0.1) is 10.1 Å². The molecule has 3 aromatic rings. The van der Waals surface area contributed by atoms with Crippen LogP contribution in [0.1, 0.15) is 12.2 Å². The fourth-order valence-corrected chi connectivity index (χ4v) is 2.10. The highest BCUT2D eigenvalue weighted by atomic mass is 16.6. The molecule has 0 saturated heterocycles. The molecule has 0 amide bonds. The van der Waals surface area contributed by atoms with Crippen LogP contribution in [0.4, 0.5) is 5.69 Å². The molecule has 2 heterocycles. The van der Waals surface area contributed by atoms with Gasteiger partial charge in [-0.3, -0.25) is 24.3 Å². The summed E-state index contributed by atoms with van der Waals surface area (Å²) in [5.74, 6) is -0.450. The first-order chi connectivity index (χ1) is 10.1. The zero-order valence-corrected chi connectivity index (χ0v) is 10.6. The lowest BCUT2D eigenvalue weighted by atomic mass is 10.2. The second-order valence-corrected chi connectivity index (χ2v) is 4.39. The summed E-state index contributed by atoms with van der Waals surface area (Å²) in [4.78, 5) is 25.1. The average Bonchev–Trinajstić information content (AvgIpc) is 2.87. The molecule has 0 aliphatic rings. The largest absolute Gasteiger partial charge is 0.481 e. The summed E-state index contributed by atoms with van der Waals surface area (Å²) < 4.78 is 1.66. The van der Waals surface area contributed by atoms with Crippen LogP contribution in [0.5, 0.6) is 0 Å². The molecule has 9 heteroatoms. The van der Waals surface area contributed by atoms with Gasteiger partial charge in [-0.05, 0) is 6.07 Å². The summed E-state index contributed by atoms with van der Waals surface area (Å²) in [6.45, 7) is 0. The van der Waals surface area contributed by atoms with Crippen molar-refractivity contribution in [3.05, 3.63) is 40.3 Å². The number of fused-ring (bicyclic) bond motifs is 3. The lowest BCUT2D eigenvalue weighted by Crippen LogP contribution is -2.03. The number of hydrogen-bond acceptors (Lipinski definition) is 6. The van der Waals surface area contributed by atoms with Gasteiger partial charge in [0.2, 0.25) is 0 Å². The van der Waals surface area contributed by atoms with E-state index in [9.17, 15) is 14.9 Å². The lowest BCUT2D eigenvalue weighted by molar-refractivity contribution is -0.384. The molecule has 0 atom stereocenters. The van der Waals surface area contributed by atoms with E-state index in [0.717, 1.165) is 0 Å². The molecular formula is C12H9N5O4. The average molecular weight is 287 g/mol. The zero-order chi connectivity index (χ0) is 15.0. The van der Waals surface area contributed by atoms with E-state index in [-0.39, 0.29) is 18.5 Å². The smallest absolute Gasteiger partial charge is 0.303 e. The standard InChI is InChI=1S/C12H9N5O4/c18-12(19)4-3-10-14-15-11-6-13-8-5-7(17(20)21)1-2-9(8)16(10)11/h1-2,5-6H,3-4H2,(H,18,19). The Morgan fingerprint density at radius 3 is 2.90 bits per heavy atom. The maximum Gasteiger partial charge on any atom is 0.303 e. The molecule has 21 heavy (non-hydrogen) atoms. The molecular weight excluding hydrogens is 278 g/mol. The Bertz CT molecular complexity index is 873. The van der Waals surface area contributed by atoms with Gasteiger partial charge in [-0.2, -0.15) is 0 Å². The van der Waals surface area contributed by atoms with Crippen LogP contribution in [0.3, 0.4) is 0 Å². The first kappa shape index (κ1) is 12.9. The number of carboxylic acids is 1. The van der Waals surface area contributed by atoms with Gasteiger partial charge in [-0.25, -0.2) is 0 Å². The third-order valence-corrected chi connectivity index (χ3v) is 3.05. The normalized spacial score (nSPS) is 11.0. The number of rotatable bonds is 4. The van der Waals surface area contributed by atoms with Crippen molar-refractivity contribution >= 4 is 28.3 Å². The Labute approximate surface area is 117 Å². The van der Waals surface area contributed by atoms with Crippen molar-refractivity contribution in [2.45, 2.75) is 12.8 Å². The molecule has 1 N–H and O–H groups in total. The second-order valence-electron chi connectivity index (χ2n) is 4.39. The summed E-state index contributed by atoms with van der Waals surface area (Å²) in [5.41, 5.74) is 1.43. The summed E-state index contributed by atoms with van der Waals surface area (Å²) in [6, 6.07) is 4.28. The number of hydrogen-bond donors (Lipinski definition) is 1. The van der Waals surface area contributed by atoms with E-state index in [1.54, 1.807) is 10.5 Å². The Hall–Kier alpha value is -3.10. The van der Waals surface area contributed by atoms with Crippen LogP contribution in [-0.4, -0.2) is 35.6 Å². The van der Waals surface area contributed by atoms with Crippen molar-refractivity contribution in [1.29, 1.82) is 0 Å². The van der Waals surface area contributed by atoms with Gasteiger partial charge in [0.15, 0.2) is 5.65 Å². The van der Waals surface area contributed by atoms with E-state index in [4.69, 9.17) is 5.11 Å². The minimum absolute atomic E-state index is 0.0606. The molecule has 1 aromatic carbocycles. The SMILES string of the molecule is O=C(O)CCc1nnc2cnc3cc([N+](=O)[O-])ccc3n12. The predicted octanol–water partition coefficient (Wildman–Crippen LogP) is 1.20. The number of non-ortho nitro benzene ring substituents is 1. The highest BCUT2D eigenvalue weighted by Crippen LogP contribution is 2.21. The Morgan fingerprint density at radius 2 is 2.19 bits per heavy atom. The highest BCUT2D eigenvalue weighted by Gasteiger charge is 2.13. The van der Waals surface area contributed by atoms with Crippen molar-refractivity contribution in [1.82, 2.24) is 19.6 Å². The van der Waals surface area contributed by atoms with Gasteiger partial charge >= 0.3 is 5.97 Å². The number of nitro benzene ring substituents is 1. The number of carboxylic acid groups (broad SMARTS) is 1. The summed E-state index contributed by atoms with van der Waals surface area (Å²) >= 11 is 0. The quantitative estimate of drug-likeness (QED) is 0.564. The summed E-state index contributed by atoms with van der Waals surface area (Å²) in [5, 5.41) is 27.4. The zero-order valence-electron chi connectivity index (χ0n) is 10.6. The fourth-order valence-electron chi connectivity index (χ4n) is 2.10. The number of nitro groups is 1. The van der Waals surface area contributed by atoms with Crippen molar-refractivity contribution in [2.24, 2.45) is 0 Å². The number of nitrogens with zero attached hydrogens (tertiary/aromatic N) is 5. The minimum atomic E-state index is -0.930. The second kappa shape index (κ2) is 4.78. The van der Waals surface area contributed by atoms with Crippen molar-refractivity contribution in [3.63, 3.8) is 0 Å². The van der Waals surface area contributed by atoms with E-state index in [1.807, 2.05) is 0 Å². The summed E-state index contributed by atoms with van der Waals surface area (Å²) in [6.07, 6.45) is 1.59. The topological polar surface area (TPSA) is 124 Å². The van der Waals surface area contributed by atoms with Crippen LogP contribution in [0.25, 0.3) is 16.7 Å². The Kier molecular flexibility index (Phi) is 2.94. The maximum atomic E-state index is 10.8. The van der Waals surface area contributed by atoms with Gasteiger partial charge in [0.25, 0.3) is 5.69 Å². The number of benzene rings is 1. The monoisotopic (exact) mass is 287 g/mol.